The van der Waals surface area contributed by atoms with Gasteiger partial charge in [-0.15, -0.1) is 10.4 Å². The second-order valence-corrected chi connectivity index (χ2v) is 2.65. The van der Waals surface area contributed by atoms with Crippen LogP contribution in [0.5, 0.6) is 0 Å². The van der Waals surface area contributed by atoms with Crippen molar-refractivity contribution in [2.24, 2.45) is 0 Å². The Morgan fingerprint density at radius 2 is 2.25 bits per heavy atom. The van der Waals surface area contributed by atoms with Crippen molar-refractivity contribution < 1.29 is 8.42 Å². The molecule has 0 fully saturated rings. The molecule has 0 amide bonds. The lowest BCUT2D eigenvalue weighted by molar-refractivity contribution is 0.574. The molecule has 8 heavy (non-hydrogen) atoms. The molecule has 0 N–H and O–H groups in total. The van der Waals surface area contributed by atoms with Gasteiger partial charge in [0.25, 0.3) is 0 Å². The first-order valence-corrected chi connectivity index (χ1v) is 3.34. The van der Waals surface area contributed by atoms with Crippen molar-refractivity contribution in [1.29, 1.82) is 0 Å². The predicted molar refractivity (Wildman–Crippen MR) is 33.1 cm³/mol. The summed E-state index contributed by atoms with van der Waals surface area (Å²) in [4.78, 5) is 0. The molecular formula is C3H6ClNO2S. The molecular weight excluding hydrogens is 150 g/mol. The first-order chi connectivity index (χ1) is 3.68. The van der Waals surface area contributed by atoms with Gasteiger partial charge in [-0.2, -0.15) is 0 Å². The van der Waals surface area contributed by atoms with Crippen molar-refractivity contribution in [2.75, 3.05) is 6.54 Å². The van der Waals surface area contributed by atoms with E-state index in [2.05, 4.69) is 6.58 Å². The molecule has 0 aliphatic carbocycles. The van der Waals surface area contributed by atoms with Gasteiger partial charge in [-0.3, -0.25) is 0 Å². The maximum absolute atomic E-state index is 9.87. The van der Waals surface area contributed by atoms with Crippen LogP contribution in [-0.4, -0.2) is 18.8 Å². The van der Waals surface area contributed by atoms with E-state index in [0.717, 1.165) is 0 Å². The number of nitrogens with zero attached hydrogens (tertiary/aromatic N) is 1. The number of halogens is 1. The van der Waals surface area contributed by atoms with Crippen molar-refractivity contribution in [3.63, 3.8) is 0 Å². The molecule has 0 aliphatic rings. The smallest absolute Gasteiger partial charge is 0.214 e. The molecule has 0 unspecified atom stereocenters. The molecule has 0 aliphatic heterocycles. The van der Waals surface area contributed by atoms with Gasteiger partial charge in [-0.05, 0) is 11.8 Å². The molecule has 3 nitrogen and oxygen atoms in total. The van der Waals surface area contributed by atoms with Gasteiger partial charge in [0.15, 0.2) is 0 Å². The third kappa shape index (κ3) is 3.01. The quantitative estimate of drug-likeness (QED) is 0.358. The van der Waals surface area contributed by atoms with Crippen molar-refractivity contribution in [3.05, 3.63) is 12.7 Å². The highest BCUT2D eigenvalue weighted by molar-refractivity contribution is 7.71. The second-order valence-electron chi connectivity index (χ2n) is 1.05. The maximum Gasteiger partial charge on any atom is 0.217 e. The van der Waals surface area contributed by atoms with E-state index in [9.17, 15) is 8.42 Å². The van der Waals surface area contributed by atoms with E-state index >= 15 is 0 Å². The lowest BCUT2D eigenvalue weighted by atomic mass is 10.7. The van der Waals surface area contributed by atoms with E-state index in [0.29, 0.717) is 3.82 Å². The summed E-state index contributed by atoms with van der Waals surface area (Å²) < 4.78 is 20.4. The van der Waals surface area contributed by atoms with Crippen molar-refractivity contribution >= 4 is 22.7 Å². The Morgan fingerprint density at radius 1 is 1.75 bits per heavy atom. The van der Waals surface area contributed by atoms with E-state index in [-0.39, 0.29) is 6.54 Å². The van der Waals surface area contributed by atoms with Gasteiger partial charge < -0.3 is 0 Å². The van der Waals surface area contributed by atoms with Crippen LogP contribution < -0.4 is 0 Å². The maximum atomic E-state index is 9.87. The van der Waals surface area contributed by atoms with Gasteiger partial charge >= 0.3 is 0 Å². The number of hydrogen-bond donors (Lipinski definition) is 1. The summed E-state index contributed by atoms with van der Waals surface area (Å²) in [5, 5.41) is 0. The summed E-state index contributed by atoms with van der Waals surface area (Å²) in [6.45, 7) is 3.44. The minimum atomic E-state index is -2.64. The van der Waals surface area contributed by atoms with Crippen LogP contribution in [0, 0.1) is 0 Å². The summed E-state index contributed by atoms with van der Waals surface area (Å²) >= 11 is 5.08. The second kappa shape index (κ2) is 3.88. The average Bonchev–Trinajstić information content (AvgIpc) is 1.67. The molecule has 0 aromatic heterocycles. The zero-order chi connectivity index (χ0) is 6.57. The summed E-state index contributed by atoms with van der Waals surface area (Å²) in [6, 6.07) is 0. The standard InChI is InChI=1S/C3H6ClNO2S/c1-2-3-5(4)8(6)7/h2,8H,1,3H2. The fraction of sp³-hybridized carbons (Fsp3) is 0.333. The molecule has 0 atom stereocenters. The highest BCUT2D eigenvalue weighted by Gasteiger charge is 1.95. The number of rotatable bonds is 3. The topological polar surface area (TPSA) is 37.4 Å². The van der Waals surface area contributed by atoms with Crippen LogP contribution >= 0.6 is 11.8 Å². The van der Waals surface area contributed by atoms with Gasteiger partial charge in [0.1, 0.15) is 0 Å². The highest BCUT2D eigenvalue weighted by Crippen LogP contribution is 1.90. The van der Waals surface area contributed by atoms with Crippen LogP contribution in [0.25, 0.3) is 0 Å². The van der Waals surface area contributed by atoms with Crippen LogP contribution in [0.1, 0.15) is 0 Å². The molecule has 48 valence electrons. The van der Waals surface area contributed by atoms with Crippen molar-refractivity contribution in [2.45, 2.75) is 0 Å². The molecule has 0 saturated heterocycles. The predicted octanol–water partition coefficient (Wildman–Crippen LogP) is 0.155. The molecule has 0 saturated carbocycles. The minimum Gasteiger partial charge on any atom is -0.214 e. The monoisotopic (exact) mass is 155 g/mol. The Bertz CT molecular complexity index is 136. The Hall–Kier alpha value is -0.0600. The van der Waals surface area contributed by atoms with Gasteiger partial charge in [0.2, 0.25) is 10.9 Å². The zero-order valence-corrected chi connectivity index (χ0v) is 5.73. The molecule has 0 rings (SSSR count). The van der Waals surface area contributed by atoms with Crippen LogP contribution in [0.3, 0.4) is 0 Å². The fourth-order valence-electron chi connectivity index (χ4n) is 0.173. The summed E-state index contributed by atoms with van der Waals surface area (Å²) in [5.41, 5.74) is 0. The molecule has 0 aromatic carbocycles. The average molecular weight is 156 g/mol. The Labute approximate surface area is 54.7 Å². The number of hydrogen-bond acceptors (Lipinski definition) is 2. The first kappa shape index (κ1) is 7.94. The molecule has 0 radical (unpaired) electrons. The Morgan fingerprint density at radius 3 is 2.38 bits per heavy atom. The third-order valence-corrected chi connectivity index (χ3v) is 1.48. The highest BCUT2D eigenvalue weighted by atomic mass is 35.5. The molecule has 0 aromatic rings. The van der Waals surface area contributed by atoms with E-state index in [1.54, 1.807) is 0 Å². The SMILES string of the molecule is C=CCN(Cl)[SH](=O)=O. The zero-order valence-electron chi connectivity index (χ0n) is 4.08. The van der Waals surface area contributed by atoms with E-state index in [1.807, 2.05) is 0 Å². The molecule has 0 heterocycles. The Balaban J connectivity index is 3.64. The fourth-order valence-corrected chi connectivity index (χ4v) is 0.520. The lowest BCUT2D eigenvalue weighted by Gasteiger charge is -1.96. The van der Waals surface area contributed by atoms with Crippen LogP contribution in [-0.2, 0) is 10.9 Å². The molecule has 5 heteroatoms. The lowest BCUT2D eigenvalue weighted by Crippen LogP contribution is -2.07. The van der Waals surface area contributed by atoms with Gasteiger partial charge in [-0.25, -0.2) is 8.42 Å². The van der Waals surface area contributed by atoms with Crippen LogP contribution in [0.15, 0.2) is 12.7 Å². The minimum absolute atomic E-state index is 0.153. The normalized spacial score (nSPS) is 10.4. The van der Waals surface area contributed by atoms with Gasteiger partial charge in [0.05, 0.1) is 0 Å². The van der Waals surface area contributed by atoms with E-state index in [4.69, 9.17) is 11.8 Å². The Kier molecular flexibility index (Phi) is 3.85. The van der Waals surface area contributed by atoms with Crippen LogP contribution in [0.4, 0.5) is 0 Å². The summed E-state index contributed by atoms with van der Waals surface area (Å²) in [7, 11) is -2.64. The summed E-state index contributed by atoms with van der Waals surface area (Å²) in [5.74, 6) is 0. The van der Waals surface area contributed by atoms with E-state index in [1.165, 1.54) is 6.08 Å². The molecule has 0 bridgehead atoms. The number of thiol groups is 1. The third-order valence-electron chi connectivity index (χ3n) is 0.457. The summed E-state index contributed by atoms with van der Waals surface area (Å²) in [6.07, 6.45) is 1.40. The van der Waals surface area contributed by atoms with Gasteiger partial charge in [-0.1, -0.05) is 6.08 Å². The molecule has 0 spiro atoms. The van der Waals surface area contributed by atoms with Gasteiger partial charge in [0, 0.05) is 6.54 Å². The largest absolute Gasteiger partial charge is 0.217 e. The van der Waals surface area contributed by atoms with Crippen LogP contribution in [0.2, 0.25) is 0 Å². The van der Waals surface area contributed by atoms with E-state index < -0.39 is 10.9 Å². The van der Waals surface area contributed by atoms with Crippen molar-refractivity contribution in [1.82, 2.24) is 3.82 Å². The first-order valence-electron chi connectivity index (χ1n) is 1.87. The van der Waals surface area contributed by atoms with Crippen molar-refractivity contribution in [3.8, 4) is 0 Å².